The van der Waals surface area contributed by atoms with Crippen molar-refractivity contribution in [1.29, 1.82) is 0 Å². The van der Waals surface area contributed by atoms with Crippen LogP contribution in [0, 0.1) is 0 Å². The molecule has 2 N–H and O–H groups in total. The van der Waals surface area contributed by atoms with Crippen molar-refractivity contribution >= 4 is 39.4 Å². The van der Waals surface area contributed by atoms with Crippen LogP contribution in [-0.4, -0.2) is 36.0 Å². The molecule has 5 nitrogen and oxygen atoms in total. The van der Waals surface area contributed by atoms with E-state index >= 15 is 0 Å². The molecule has 0 aliphatic rings. The van der Waals surface area contributed by atoms with Crippen molar-refractivity contribution in [2.24, 2.45) is 0 Å². The lowest BCUT2D eigenvalue weighted by molar-refractivity contribution is -0.140. The number of benzene rings is 1. The van der Waals surface area contributed by atoms with Gasteiger partial charge in [-0.1, -0.05) is 0 Å². The van der Waals surface area contributed by atoms with Gasteiger partial charge in [0, 0.05) is 12.1 Å². The maximum Gasteiger partial charge on any atom is 0.325 e. The minimum Gasteiger partial charge on any atom is -0.507 e. The number of methoxy groups -OCH3 is 1. The van der Waals surface area contributed by atoms with Crippen molar-refractivity contribution in [2.75, 3.05) is 13.7 Å². The Kier molecular flexibility index (Phi) is 5.43. The molecule has 0 fully saturated rings. The molecule has 0 heterocycles. The van der Waals surface area contributed by atoms with Crippen LogP contribution in [0.2, 0.25) is 0 Å². The summed E-state index contributed by atoms with van der Waals surface area (Å²) < 4.78 is 4.91. The van der Waals surface area contributed by atoms with Crippen LogP contribution in [0.3, 0.4) is 0 Å². The molecule has 1 unspecified atom stereocenters. The van der Waals surface area contributed by atoms with Crippen LogP contribution in [0.25, 0.3) is 0 Å². The highest BCUT2D eigenvalue weighted by molar-refractivity contribution is 9.10. The highest BCUT2D eigenvalue weighted by Gasteiger charge is 2.17. The standard InChI is InChI=1S/C11H11BrClNO4/c1-18-11(17)8(13)5-14-10(16)6-2-3-7(12)9(15)4-6/h2-4,8,15H,5H2,1H3,(H,14,16). The summed E-state index contributed by atoms with van der Waals surface area (Å²) in [6.07, 6.45) is 0. The van der Waals surface area contributed by atoms with E-state index in [1.54, 1.807) is 6.07 Å². The first-order valence-electron chi connectivity index (χ1n) is 4.94. The van der Waals surface area contributed by atoms with Crippen molar-refractivity contribution in [2.45, 2.75) is 5.38 Å². The van der Waals surface area contributed by atoms with Crippen LogP contribution < -0.4 is 5.32 Å². The summed E-state index contributed by atoms with van der Waals surface area (Å²) in [5.74, 6) is -1.10. The quantitative estimate of drug-likeness (QED) is 0.648. The zero-order valence-corrected chi connectivity index (χ0v) is 11.8. The summed E-state index contributed by atoms with van der Waals surface area (Å²) >= 11 is 8.78. The number of halogens is 2. The number of rotatable bonds is 4. The predicted molar refractivity (Wildman–Crippen MR) is 69.8 cm³/mol. The van der Waals surface area contributed by atoms with Gasteiger partial charge >= 0.3 is 5.97 Å². The smallest absolute Gasteiger partial charge is 0.325 e. The van der Waals surface area contributed by atoms with E-state index in [2.05, 4.69) is 26.0 Å². The average Bonchev–Trinajstić information content (AvgIpc) is 2.37. The normalized spacial score (nSPS) is 11.7. The third-order valence-corrected chi connectivity index (χ3v) is 3.11. The van der Waals surface area contributed by atoms with Crippen molar-refractivity contribution in [3.63, 3.8) is 0 Å². The fourth-order valence-electron chi connectivity index (χ4n) is 1.15. The first-order chi connectivity index (χ1) is 8.45. The van der Waals surface area contributed by atoms with Crippen LogP contribution in [0.1, 0.15) is 10.4 Å². The molecule has 1 amide bonds. The van der Waals surface area contributed by atoms with Crippen LogP contribution in [0.5, 0.6) is 5.75 Å². The van der Waals surface area contributed by atoms with E-state index in [1.807, 2.05) is 0 Å². The first-order valence-corrected chi connectivity index (χ1v) is 6.17. The number of hydrogen-bond donors (Lipinski definition) is 2. The van der Waals surface area contributed by atoms with E-state index < -0.39 is 17.3 Å². The maximum atomic E-state index is 11.7. The third-order valence-electron chi connectivity index (χ3n) is 2.11. The van der Waals surface area contributed by atoms with E-state index in [9.17, 15) is 14.7 Å². The van der Waals surface area contributed by atoms with E-state index in [1.165, 1.54) is 19.2 Å². The predicted octanol–water partition coefficient (Wildman–Crippen LogP) is 1.66. The summed E-state index contributed by atoms with van der Waals surface area (Å²) in [4.78, 5) is 22.7. The summed E-state index contributed by atoms with van der Waals surface area (Å²) in [5.41, 5.74) is 0.268. The number of amides is 1. The molecular weight excluding hydrogens is 325 g/mol. The van der Waals surface area contributed by atoms with E-state index in [0.29, 0.717) is 4.47 Å². The average molecular weight is 337 g/mol. The molecule has 0 saturated heterocycles. The molecule has 0 aliphatic carbocycles. The number of phenols is 1. The summed E-state index contributed by atoms with van der Waals surface area (Å²) in [5, 5.41) is 10.9. The fourth-order valence-corrected chi connectivity index (χ4v) is 1.56. The number of alkyl halides is 1. The molecule has 1 rings (SSSR count). The summed E-state index contributed by atoms with van der Waals surface area (Å²) in [6, 6.07) is 4.38. The number of esters is 1. The monoisotopic (exact) mass is 335 g/mol. The molecule has 0 aliphatic heterocycles. The number of ether oxygens (including phenoxy) is 1. The fraction of sp³-hybridized carbons (Fsp3) is 0.273. The van der Waals surface area contributed by atoms with Gasteiger partial charge in [-0.3, -0.25) is 9.59 Å². The Morgan fingerprint density at radius 2 is 2.22 bits per heavy atom. The Balaban J connectivity index is 2.60. The van der Waals surface area contributed by atoms with Gasteiger partial charge in [-0.25, -0.2) is 0 Å². The Labute approximate surface area is 117 Å². The number of carbonyl (C=O) groups is 2. The number of nitrogens with one attached hydrogen (secondary N) is 1. The van der Waals surface area contributed by atoms with E-state index in [-0.39, 0.29) is 17.9 Å². The van der Waals surface area contributed by atoms with Gasteiger partial charge in [0.1, 0.15) is 11.1 Å². The maximum absolute atomic E-state index is 11.7. The third kappa shape index (κ3) is 3.89. The first kappa shape index (κ1) is 14.8. The minimum atomic E-state index is -0.942. The molecule has 18 heavy (non-hydrogen) atoms. The second-order valence-electron chi connectivity index (χ2n) is 3.37. The molecule has 0 bridgehead atoms. The minimum absolute atomic E-state index is 0.0435. The molecular formula is C11H11BrClNO4. The van der Waals surface area contributed by atoms with Gasteiger partial charge in [0.2, 0.25) is 0 Å². The Bertz CT molecular complexity index is 466. The highest BCUT2D eigenvalue weighted by Crippen LogP contribution is 2.24. The molecule has 0 spiro atoms. The van der Waals surface area contributed by atoms with Gasteiger partial charge in [-0.15, -0.1) is 11.6 Å². The van der Waals surface area contributed by atoms with Gasteiger partial charge < -0.3 is 15.2 Å². The SMILES string of the molecule is COC(=O)C(Cl)CNC(=O)c1ccc(Br)c(O)c1. The second kappa shape index (κ2) is 6.61. The summed E-state index contributed by atoms with van der Waals surface area (Å²) in [7, 11) is 1.21. The zero-order chi connectivity index (χ0) is 13.7. The van der Waals surface area contributed by atoms with Crippen LogP contribution in [-0.2, 0) is 9.53 Å². The number of carbonyl (C=O) groups excluding carboxylic acids is 2. The Morgan fingerprint density at radius 3 is 2.78 bits per heavy atom. The van der Waals surface area contributed by atoms with Gasteiger partial charge in [0.25, 0.3) is 5.91 Å². The highest BCUT2D eigenvalue weighted by atomic mass is 79.9. The van der Waals surface area contributed by atoms with Crippen LogP contribution in [0.15, 0.2) is 22.7 Å². The molecule has 98 valence electrons. The molecule has 0 saturated carbocycles. The largest absolute Gasteiger partial charge is 0.507 e. The number of aromatic hydroxyl groups is 1. The van der Waals surface area contributed by atoms with Crippen molar-refractivity contribution < 1.29 is 19.4 Å². The topological polar surface area (TPSA) is 75.6 Å². The molecule has 1 aromatic carbocycles. The van der Waals surface area contributed by atoms with Crippen molar-refractivity contribution in [3.8, 4) is 5.75 Å². The van der Waals surface area contributed by atoms with E-state index in [0.717, 1.165) is 0 Å². The summed E-state index contributed by atoms with van der Waals surface area (Å²) in [6.45, 7) is -0.0517. The Morgan fingerprint density at radius 1 is 1.56 bits per heavy atom. The van der Waals surface area contributed by atoms with Gasteiger partial charge in [-0.2, -0.15) is 0 Å². The lowest BCUT2D eigenvalue weighted by atomic mass is 10.2. The van der Waals surface area contributed by atoms with Gasteiger partial charge in [-0.05, 0) is 34.1 Å². The number of phenolic OH excluding ortho intramolecular Hbond substituents is 1. The lowest BCUT2D eigenvalue weighted by Gasteiger charge is -2.09. The number of hydrogen-bond acceptors (Lipinski definition) is 4. The molecule has 0 aromatic heterocycles. The van der Waals surface area contributed by atoms with Crippen molar-refractivity contribution in [1.82, 2.24) is 5.32 Å². The van der Waals surface area contributed by atoms with Crippen LogP contribution >= 0.6 is 27.5 Å². The zero-order valence-electron chi connectivity index (χ0n) is 9.44. The van der Waals surface area contributed by atoms with E-state index in [4.69, 9.17) is 11.6 Å². The molecule has 1 atom stereocenters. The Hall–Kier alpha value is -1.27. The van der Waals surface area contributed by atoms with Crippen LogP contribution in [0.4, 0.5) is 0 Å². The van der Waals surface area contributed by atoms with Crippen molar-refractivity contribution in [3.05, 3.63) is 28.2 Å². The van der Waals surface area contributed by atoms with Gasteiger partial charge in [0.15, 0.2) is 0 Å². The second-order valence-corrected chi connectivity index (χ2v) is 4.75. The molecule has 1 aromatic rings. The molecule has 7 heteroatoms. The lowest BCUT2D eigenvalue weighted by Crippen LogP contribution is -2.34. The molecule has 0 radical (unpaired) electrons. The van der Waals surface area contributed by atoms with Gasteiger partial charge in [0.05, 0.1) is 11.6 Å².